The van der Waals surface area contributed by atoms with E-state index in [1.807, 2.05) is 24.3 Å². The average Bonchev–Trinajstić information content (AvgIpc) is 2.44. The number of ether oxygens (including phenoxy) is 3. The van der Waals surface area contributed by atoms with Crippen molar-refractivity contribution in [1.29, 1.82) is 0 Å². The molecule has 1 aromatic rings. The van der Waals surface area contributed by atoms with Crippen LogP contribution in [-0.2, 0) is 30.4 Å². The van der Waals surface area contributed by atoms with E-state index in [1.165, 1.54) is 19.9 Å². The fourth-order valence-electron chi connectivity index (χ4n) is 1.99. The molecular weight excluding hydrogens is 284 g/mol. The molecule has 0 bridgehead atoms. The Balaban J connectivity index is 2.09. The highest BCUT2D eigenvalue weighted by atomic mass is 16.7. The molecule has 5 nitrogen and oxygen atoms in total. The summed E-state index contributed by atoms with van der Waals surface area (Å²) in [6.45, 7) is 6.36. The summed E-state index contributed by atoms with van der Waals surface area (Å²) in [6, 6.07) is 7.42. The van der Waals surface area contributed by atoms with Crippen molar-refractivity contribution >= 4 is 18.0 Å². The smallest absolute Gasteiger partial charge is 0.348 e. The van der Waals surface area contributed by atoms with Crippen LogP contribution in [0.1, 0.15) is 38.3 Å². The zero-order valence-corrected chi connectivity index (χ0v) is 13.0. The van der Waals surface area contributed by atoms with Crippen LogP contribution in [0.2, 0.25) is 0 Å². The maximum absolute atomic E-state index is 11.9. The van der Waals surface area contributed by atoms with E-state index in [9.17, 15) is 9.59 Å². The normalized spacial score (nSPS) is 17.0. The number of hydrogen-bond acceptors (Lipinski definition) is 5. The molecule has 1 aliphatic rings. The molecule has 1 aromatic carbocycles. The zero-order valence-electron chi connectivity index (χ0n) is 13.0. The van der Waals surface area contributed by atoms with E-state index in [0.717, 1.165) is 24.2 Å². The number of hydrogen-bond donors (Lipinski definition) is 0. The zero-order chi connectivity index (χ0) is 16.2. The van der Waals surface area contributed by atoms with Gasteiger partial charge in [0.25, 0.3) is 5.79 Å². The molecule has 1 heterocycles. The molecule has 0 saturated carbocycles. The molecule has 0 aromatic heterocycles. The summed E-state index contributed by atoms with van der Waals surface area (Å²) in [6.07, 6.45) is 2.45. The van der Waals surface area contributed by atoms with Gasteiger partial charge in [-0.3, -0.25) is 0 Å². The molecule has 1 fully saturated rings. The molecule has 0 aliphatic carbocycles. The summed E-state index contributed by atoms with van der Waals surface area (Å²) in [5, 5.41) is 0. The number of rotatable bonds is 5. The summed E-state index contributed by atoms with van der Waals surface area (Å²) < 4.78 is 15.5. The molecule has 5 heteroatoms. The first-order valence-corrected chi connectivity index (χ1v) is 7.26. The minimum absolute atomic E-state index is 0.102. The lowest BCUT2D eigenvalue weighted by Gasteiger charge is -2.29. The maximum Gasteiger partial charge on any atom is 0.348 e. The van der Waals surface area contributed by atoms with E-state index >= 15 is 0 Å². The lowest BCUT2D eigenvalue weighted by Crippen LogP contribution is -2.41. The van der Waals surface area contributed by atoms with Crippen molar-refractivity contribution in [2.24, 2.45) is 0 Å². The van der Waals surface area contributed by atoms with E-state index in [4.69, 9.17) is 14.2 Å². The third-order valence-electron chi connectivity index (χ3n) is 3.02. The van der Waals surface area contributed by atoms with Gasteiger partial charge in [0.05, 0.1) is 6.61 Å². The van der Waals surface area contributed by atoms with Crippen molar-refractivity contribution in [3.8, 4) is 0 Å². The van der Waals surface area contributed by atoms with Gasteiger partial charge in [0, 0.05) is 20.5 Å². The predicted molar refractivity (Wildman–Crippen MR) is 80.6 cm³/mol. The Morgan fingerprint density at radius 1 is 1.09 bits per heavy atom. The van der Waals surface area contributed by atoms with E-state index in [-0.39, 0.29) is 5.57 Å². The third-order valence-corrected chi connectivity index (χ3v) is 3.02. The van der Waals surface area contributed by atoms with E-state index < -0.39 is 17.7 Å². The predicted octanol–water partition coefficient (Wildman–Crippen LogP) is 2.83. The molecule has 0 unspecified atom stereocenters. The highest BCUT2D eigenvalue weighted by molar-refractivity contribution is 6.18. The van der Waals surface area contributed by atoms with E-state index in [2.05, 4.69) is 6.92 Å². The average molecular weight is 304 g/mol. The van der Waals surface area contributed by atoms with Crippen LogP contribution in [0.25, 0.3) is 6.08 Å². The van der Waals surface area contributed by atoms with Crippen LogP contribution in [0.4, 0.5) is 0 Å². The minimum Gasteiger partial charge on any atom is -0.419 e. The summed E-state index contributed by atoms with van der Waals surface area (Å²) in [5.74, 6) is -2.56. The molecule has 0 amide bonds. The Morgan fingerprint density at radius 2 is 1.68 bits per heavy atom. The second-order valence-electron chi connectivity index (χ2n) is 5.53. The minimum atomic E-state index is -1.22. The van der Waals surface area contributed by atoms with Gasteiger partial charge in [-0.05, 0) is 23.6 Å². The standard InChI is InChI=1S/C17H20O5/c1-4-9-20-11-13-7-5-12(6-8-13)10-14-15(18)21-17(2,3)22-16(14)19/h5-8,10H,4,9,11H2,1-3H3. The summed E-state index contributed by atoms with van der Waals surface area (Å²) in [4.78, 5) is 23.7. The summed E-state index contributed by atoms with van der Waals surface area (Å²) >= 11 is 0. The highest BCUT2D eigenvalue weighted by Gasteiger charge is 2.38. The molecule has 0 radical (unpaired) electrons. The van der Waals surface area contributed by atoms with Crippen LogP contribution >= 0.6 is 0 Å². The molecule has 0 N–H and O–H groups in total. The Bertz CT molecular complexity index is 562. The van der Waals surface area contributed by atoms with Gasteiger partial charge in [-0.25, -0.2) is 9.59 Å². The molecular formula is C17H20O5. The SMILES string of the molecule is CCCOCc1ccc(C=C2C(=O)OC(C)(C)OC2=O)cc1. The molecule has 22 heavy (non-hydrogen) atoms. The fourth-order valence-corrected chi connectivity index (χ4v) is 1.99. The second-order valence-corrected chi connectivity index (χ2v) is 5.53. The first-order chi connectivity index (χ1) is 10.4. The Kier molecular flexibility index (Phi) is 4.98. The van der Waals surface area contributed by atoms with Gasteiger partial charge in [-0.2, -0.15) is 0 Å². The highest BCUT2D eigenvalue weighted by Crippen LogP contribution is 2.24. The lowest BCUT2D eigenvalue weighted by molar-refractivity contribution is -0.222. The number of benzene rings is 1. The van der Waals surface area contributed by atoms with Crippen molar-refractivity contribution in [3.05, 3.63) is 41.0 Å². The van der Waals surface area contributed by atoms with Crippen molar-refractivity contribution < 1.29 is 23.8 Å². The number of cyclic esters (lactones) is 2. The molecule has 0 spiro atoms. The van der Waals surface area contributed by atoms with Gasteiger partial charge in [0.2, 0.25) is 0 Å². The number of carbonyl (C=O) groups is 2. The largest absolute Gasteiger partial charge is 0.419 e. The van der Waals surface area contributed by atoms with Gasteiger partial charge < -0.3 is 14.2 Å². The quantitative estimate of drug-likeness (QED) is 0.362. The number of carbonyl (C=O) groups excluding carboxylic acids is 2. The third kappa shape index (κ3) is 4.18. The molecule has 1 aliphatic heterocycles. The van der Waals surface area contributed by atoms with Crippen molar-refractivity contribution in [3.63, 3.8) is 0 Å². The van der Waals surface area contributed by atoms with Crippen molar-refractivity contribution in [1.82, 2.24) is 0 Å². The first kappa shape index (κ1) is 16.2. The van der Waals surface area contributed by atoms with Gasteiger partial charge in [-0.1, -0.05) is 31.2 Å². The van der Waals surface area contributed by atoms with Crippen molar-refractivity contribution in [2.45, 2.75) is 39.6 Å². The first-order valence-electron chi connectivity index (χ1n) is 7.26. The van der Waals surface area contributed by atoms with Crippen LogP contribution in [0.3, 0.4) is 0 Å². The summed E-state index contributed by atoms with van der Waals surface area (Å²) in [5.41, 5.74) is 1.66. The van der Waals surface area contributed by atoms with E-state index in [1.54, 1.807) is 0 Å². The second kappa shape index (κ2) is 6.75. The topological polar surface area (TPSA) is 61.8 Å². The maximum atomic E-state index is 11.9. The van der Waals surface area contributed by atoms with E-state index in [0.29, 0.717) is 6.61 Å². The lowest BCUT2D eigenvalue weighted by atomic mass is 10.1. The Labute approximate surface area is 129 Å². The van der Waals surface area contributed by atoms with Crippen LogP contribution in [0.15, 0.2) is 29.8 Å². The number of esters is 2. The van der Waals surface area contributed by atoms with Crippen LogP contribution < -0.4 is 0 Å². The van der Waals surface area contributed by atoms with Gasteiger partial charge in [0.1, 0.15) is 5.57 Å². The van der Waals surface area contributed by atoms with Gasteiger partial charge in [-0.15, -0.1) is 0 Å². The van der Waals surface area contributed by atoms with Crippen LogP contribution in [0.5, 0.6) is 0 Å². The van der Waals surface area contributed by atoms with Crippen molar-refractivity contribution in [2.75, 3.05) is 6.61 Å². The summed E-state index contributed by atoms with van der Waals surface area (Å²) in [7, 11) is 0. The molecule has 0 atom stereocenters. The molecule has 118 valence electrons. The Morgan fingerprint density at radius 3 is 2.23 bits per heavy atom. The molecule has 2 rings (SSSR count). The van der Waals surface area contributed by atoms with Gasteiger partial charge in [0.15, 0.2) is 0 Å². The Hall–Kier alpha value is -2.14. The van der Waals surface area contributed by atoms with Crippen LogP contribution in [0, 0.1) is 0 Å². The fraction of sp³-hybridized carbons (Fsp3) is 0.412. The molecule has 1 saturated heterocycles. The monoisotopic (exact) mass is 304 g/mol. The van der Waals surface area contributed by atoms with Gasteiger partial charge >= 0.3 is 11.9 Å². The van der Waals surface area contributed by atoms with Crippen LogP contribution in [-0.4, -0.2) is 24.3 Å².